The van der Waals surface area contributed by atoms with E-state index in [2.05, 4.69) is 58.4 Å². The molecule has 1 saturated heterocycles. The van der Waals surface area contributed by atoms with Crippen LogP contribution in [0.5, 0.6) is 0 Å². The largest absolute Gasteiger partial charge is 0.405 e. The number of carbonyl (C=O) groups excluding carboxylic acids is 1. The van der Waals surface area contributed by atoms with Gasteiger partial charge in [0.1, 0.15) is 6.23 Å². The molecule has 1 aromatic heterocycles. The number of unbranched alkanes of at least 4 members (excludes halogenated alkanes) is 15. The van der Waals surface area contributed by atoms with Crippen molar-refractivity contribution in [2.45, 2.75) is 251 Å². The summed E-state index contributed by atoms with van der Waals surface area (Å²) >= 11 is 0. The fourth-order valence-electron chi connectivity index (χ4n) is 15.0. The predicted octanol–water partition coefficient (Wildman–Crippen LogP) is 11.7. The molecule has 6 N–H and O–H groups in total. The van der Waals surface area contributed by atoms with Gasteiger partial charge < -0.3 is 25.6 Å². The number of hydrogen-bond donors (Lipinski definition) is 6. The maximum Gasteiger partial charge on any atom is 0.405 e. The molecule has 4 aliphatic carbocycles. The molecule has 4 saturated carbocycles. The predicted molar refractivity (Wildman–Crippen MR) is 301 cm³/mol. The number of aromatic nitrogens is 2. The van der Waals surface area contributed by atoms with Crippen LogP contribution in [-0.2, 0) is 23.1 Å². The van der Waals surface area contributed by atoms with E-state index in [1.807, 2.05) is 0 Å². The van der Waals surface area contributed by atoms with E-state index in [0.29, 0.717) is 80.1 Å². The number of rotatable bonds is 36. The number of ether oxygens (including phenoxy) is 1. The second-order valence-corrected chi connectivity index (χ2v) is 26.5. The van der Waals surface area contributed by atoms with Gasteiger partial charge in [-0.3, -0.25) is 28.2 Å². The minimum atomic E-state index is -3.83. The highest BCUT2D eigenvalue weighted by molar-refractivity contribution is 7.51. The summed E-state index contributed by atoms with van der Waals surface area (Å²) in [6.45, 7) is 13.3. The summed E-state index contributed by atoms with van der Waals surface area (Å²) in [5.74, 6) is 3.12. The highest BCUT2D eigenvalue weighted by atomic mass is 31.2. The zero-order valence-electron chi connectivity index (χ0n) is 47.7. The maximum atomic E-state index is 14.2. The van der Waals surface area contributed by atoms with Crippen LogP contribution in [0.2, 0.25) is 0 Å². The van der Waals surface area contributed by atoms with Gasteiger partial charge in [-0.25, -0.2) is 14.4 Å². The Morgan fingerprint density at radius 2 is 1.53 bits per heavy atom. The summed E-state index contributed by atoms with van der Waals surface area (Å²) in [6, 6.07) is -0.711. The van der Waals surface area contributed by atoms with Gasteiger partial charge in [-0.05, 0) is 149 Å². The van der Waals surface area contributed by atoms with Crippen LogP contribution in [0.3, 0.4) is 0 Å². The van der Waals surface area contributed by atoms with Crippen molar-refractivity contribution in [2.24, 2.45) is 51.5 Å². The van der Waals surface area contributed by atoms with E-state index in [1.54, 1.807) is 6.92 Å². The van der Waals surface area contributed by atoms with Crippen molar-refractivity contribution in [1.29, 1.82) is 0 Å². The summed E-state index contributed by atoms with van der Waals surface area (Å²) in [5.41, 5.74) is 8.64. The lowest BCUT2D eigenvalue weighted by Gasteiger charge is -2.62. The Hall–Kier alpha value is -2.59. The number of hydrogen-bond acceptors (Lipinski definition) is 11. The van der Waals surface area contributed by atoms with Crippen LogP contribution in [0.1, 0.15) is 226 Å². The number of carbonyl (C=O) groups is 1. The van der Waals surface area contributed by atoms with Gasteiger partial charge in [0.05, 0.1) is 37.6 Å². The molecule has 0 spiro atoms. The molecule has 0 aromatic carbocycles. The third-order valence-corrected chi connectivity index (χ3v) is 21.2. The Morgan fingerprint density at radius 3 is 2.20 bits per heavy atom. The summed E-state index contributed by atoms with van der Waals surface area (Å²) in [4.78, 5) is 43.0. The molecule has 2 unspecified atom stereocenters. The van der Waals surface area contributed by atoms with E-state index in [4.69, 9.17) is 13.8 Å². The monoisotopic (exact) mass is 1090 g/mol. The van der Waals surface area contributed by atoms with E-state index >= 15 is 0 Å². The lowest BCUT2D eigenvalue weighted by molar-refractivity contribution is -0.174. The Labute approximate surface area is 455 Å². The average molecular weight is 1090 g/mol. The van der Waals surface area contributed by atoms with Crippen LogP contribution in [-0.4, -0.2) is 89.4 Å². The lowest BCUT2D eigenvalue weighted by Crippen LogP contribution is -2.58. The topological polar surface area (TPSA) is 242 Å². The van der Waals surface area contributed by atoms with E-state index < -0.39 is 37.4 Å². The molecular formula is C58H103N8O9P. The van der Waals surface area contributed by atoms with Gasteiger partial charge in [-0.15, -0.1) is 0 Å². The van der Waals surface area contributed by atoms with Crippen molar-refractivity contribution in [3.63, 3.8) is 0 Å². The van der Waals surface area contributed by atoms with Crippen LogP contribution < -0.4 is 27.0 Å². The number of aryl methyl sites for hydroxylation is 1. The van der Waals surface area contributed by atoms with Gasteiger partial charge in [0.25, 0.3) is 5.56 Å². The normalized spacial score (nSPS) is 31.2. The standard InChI is InChI=1S/C58H103N8O9P/c1-6-7-8-9-10-11-12-13-14-15-16-17-18-19-20-21-36-73-76(72,74-41-51-50(64-65-59)39-54(75-51)66-40-43(3)55(70)63-56(66)71)62-35-23-33-60-32-22-34-61-53(69)29-24-42(2)47-27-28-48-46-26-25-44-37-45(67)30-31-57(44,4)49(46)38-52(68)58(47,48)5/h40,42,44-52,54,60,67-68H,6-39,41H2,1-5H3,(H,61,69)(H,62,72)(H,63,70,71)/t42?,44-,45-,46+,47-,48+,49+,50+,51-,52+,54-,57+,58-,76?/m1/s1. The lowest BCUT2D eigenvalue weighted by atomic mass is 9.43. The number of azide groups is 1. The number of nitrogens with zero attached hydrogens (tertiary/aromatic N) is 4. The third kappa shape index (κ3) is 17.5. The molecule has 1 aliphatic heterocycles. The van der Waals surface area contributed by atoms with Crippen LogP contribution in [0.15, 0.2) is 20.9 Å². The number of aliphatic hydroxyl groups excluding tert-OH is 2. The highest BCUT2D eigenvalue weighted by Gasteiger charge is 2.63. The second-order valence-electron chi connectivity index (χ2n) is 24.7. The average Bonchev–Trinajstić information content (AvgIpc) is 4.06. The molecule has 6 rings (SSSR count). The molecule has 76 heavy (non-hydrogen) atoms. The molecular weight excluding hydrogens is 984 g/mol. The molecule has 1 amide bonds. The zero-order chi connectivity index (χ0) is 54.6. The SMILES string of the molecule is CCCCCCCCCCCCCCCCCCOP(=O)(NCCCNCCCNC(=O)CCC(C)[C@H]1CC[C@H]2[C@@H]3CC[C@@H]4C[C@H](O)CC[C@]4(C)[C@H]3C[C@H](O)[C@]12C)OC[C@H]1O[C@@H](n2cc(C)c(=O)[nH]c2=O)C[C@@H]1N=[N+]=[N-]. The van der Waals surface area contributed by atoms with E-state index in [0.717, 1.165) is 64.2 Å². The molecule has 1 aromatic rings. The van der Waals surface area contributed by atoms with Gasteiger partial charge >= 0.3 is 13.4 Å². The van der Waals surface area contributed by atoms with Crippen LogP contribution in [0.25, 0.3) is 10.4 Å². The number of H-pyrrole nitrogens is 1. The van der Waals surface area contributed by atoms with E-state index in [1.165, 1.54) is 113 Å². The zero-order valence-corrected chi connectivity index (χ0v) is 48.6. The number of fused-ring (bicyclic) bond motifs is 5. The summed E-state index contributed by atoms with van der Waals surface area (Å²) < 4.78 is 33.6. The van der Waals surface area contributed by atoms with Crippen LogP contribution in [0, 0.1) is 53.3 Å². The Balaban J connectivity index is 0.868. The van der Waals surface area contributed by atoms with Crippen molar-refractivity contribution in [1.82, 2.24) is 25.3 Å². The summed E-state index contributed by atoms with van der Waals surface area (Å²) in [5, 5.41) is 35.9. The van der Waals surface area contributed by atoms with Gasteiger partial charge in [0.15, 0.2) is 0 Å². The number of aromatic amines is 1. The molecule has 0 radical (unpaired) electrons. The minimum absolute atomic E-state index is 0.0748. The van der Waals surface area contributed by atoms with Crippen molar-refractivity contribution in [3.05, 3.63) is 43.0 Å². The van der Waals surface area contributed by atoms with Gasteiger partial charge in [0, 0.05) is 42.6 Å². The van der Waals surface area contributed by atoms with Crippen molar-refractivity contribution in [2.75, 3.05) is 39.4 Å². The molecule has 14 atom stereocenters. The Morgan fingerprint density at radius 1 is 0.868 bits per heavy atom. The molecule has 18 heteroatoms. The molecule has 0 bridgehead atoms. The quantitative estimate of drug-likeness (QED) is 0.0121. The molecule has 2 heterocycles. The Bertz CT molecular complexity index is 2120. The van der Waals surface area contributed by atoms with Gasteiger partial charge in [-0.2, -0.15) is 0 Å². The first kappa shape index (κ1) is 62.6. The smallest absolute Gasteiger partial charge is 0.393 e. The van der Waals surface area contributed by atoms with Crippen molar-refractivity contribution < 1.29 is 33.4 Å². The van der Waals surface area contributed by atoms with Crippen LogP contribution in [0.4, 0.5) is 0 Å². The molecule has 434 valence electrons. The van der Waals surface area contributed by atoms with E-state index in [-0.39, 0.29) is 48.6 Å². The third-order valence-electron chi connectivity index (χ3n) is 19.5. The molecule has 5 aliphatic rings. The number of nitrogens with one attached hydrogen (secondary N) is 4. The number of amides is 1. The summed E-state index contributed by atoms with van der Waals surface area (Å²) in [7, 11) is -3.83. The van der Waals surface area contributed by atoms with Gasteiger partial charge in [0.2, 0.25) is 5.91 Å². The van der Waals surface area contributed by atoms with E-state index in [9.17, 15) is 34.7 Å². The second kappa shape index (κ2) is 31.4. The highest BCUT2D eigenvalue weighted by Crippen LogP contribution is 2.68. The van der Waals surface area contributed by atoms with Crippen LogP contribution >= 0.6 is 7.75 Å². The fraction of sp³-hybridized carbons (Fsp3) is 0.914. The maximum absolute atomic E-state index is 14.2. The first-order valence-electron chi connectivity index (χ1n) is 30.6. The minimum Gasteiger partial charge on any atom is -0.393 e. The van der Waals surface area contributed by atoms with Crippen molar-refractivity contribution in [3.8, 4) is 0 Å². The number of aliphatic hydroxyl groups is 2. The molecule has 17 nitrogen and oxygen atoms in total. The molecule has 5 fully saturated rings. The van der Waals surface area contributed by atoms with Crippen molar-refractivity contribution >= 4 is 13.7 Å². The van der Waals surface area contributed by atoms with Gasteiger partial charge in [-0.1, -0.05) is 129 Å². The fourth-order valence-corrected chi connectivity index (χ4v) is 16.4. The first-order chi connectivity index (χ1) is 36.6. The summed E-state index contributed by atoms with van der Waals surface area (Å²) in [6.07, 6.45) is 30.6. The first-order valence-corrected chi connectivity index (χ1v) is 32.2. The Kier molecular flexibility index (Phi) is 25.9.